The summed E-state index contributed by atoms with van der Waals surface area (Å²) >= 11 is 0. The van der Waals surface area contributed by atoms with E-state index >= 15 is 0 Å². The SMILES string of the molecule is CC(C)OC(=O)[C@H](C)N[P@@](=O)(Oc1cccc2ccccc12)O[C@H](CO)C1=C(O)C[C@H](n2cc(F)c(=O)[nH]c2=O)O1. The van der Waals surface area contributed by atoms with Crippen LogP contribution in [-0.2, 0) is 23.4 Å². The van der Waals surface area contributed by atoms with Crippen molar-refractivity contribution in [3.05, 3.63) is 86.8 Å². The van der Waals surface area contributed by atoms with Gasteiger partial charge in [0.1, 0.15) is 17.6 Å². The third kappa shape index (κ3) is 6.85. The van der Waals surface area contributed by atoms with Crippen molar-refractivity contribution in [2.45, 2.75) is 51.7 Å². The van der Waals surface area contributed by atoms with Crippen LogP contribution >= 0.6 is 7.75 Å². The van der Waals surface area contributed by atoms with Crippen LogP contribution in [0.15, 0.2) is 69.8 Å². The van der Waals surface area contributed by atoms with E-state index in [1.165, 1.54) is 13.0 Å². The molecule has 0 saturated heterocycles. The molecule has 4 rings (SSSR count). The number of nitrogens with zero attached hydrogens (tertiary/aromatic N) is 1. The molecule has 4 N–H and O–H groups in total. The second-order valence-electron chi connectivity index (χ2n) is 9.41. The molecule has 1 aliphatic rings. The van der Waals surface area contributed by atoms with Crippen molar-refractivity contribution in [3.63, 3.8) is 0 Å². The van der Waals surface area contributed by atoms with Crippen LogP contribution in [0, 0.1) is 5.82 Å². The molecule has 0 aliphatic carbocycles. The van der Waals surface area contributed by atoms with Crippen molar-refractivity contribution in [1.29, 1.82) is 0 Å². The number of hydrogen-bond acceptors (Lipinski definition) is 10. The number of halogens is 1. The van der Waals surface area contributed by atoms with Crippen LogP contribution in [0.4, 0.5) is 4.39 Å². The third-order valence-electron chi connectivity index (χ3n) is 5.90. The van der Waals surface area contributed by atoms with Gasteiger partial charge >= 0.3 is 19.4 Å². The van der Waals surface area contributed by atoms with Crippen molar-refractivity contribution < 1.29 is 42.5 Å². The standard InChI is InChI=1S/C26H29FN3O10P/c1-14(2)37-25(34)15(3)29-41(36,39-20-10-6-8-16-7-4-5-9-17(16)20)40-21(13-31)23-19(32)11-22(38-23)30-12-18(27)24(33)28-26(30)35/h4-10,12,14-15,21-22,31-32H,11,13H2,1-3H3,(H,29,36)(H,28,33,35)/t15-,21+,22+,41+/m0/s1. The van der Waals surface area contributed by atoms with E-state index in [2.05, 4.69) is 5.09 Å². The number of hydrogen-bond donors (Lipinski definition) is 4. The summed E-state index contributed by atoms with van der Waals surface area (Å²) in [5, 5.41) is 24.6. The van der Waals surface area contributed by atoms with E-state index in [1.54, 1.807) is 55.2 Å². The molecule has 0 spiro atoms. The van der Waals surface area contributed by atoms with Gasteiger partial charge in [-0.2, -0.15) is 9.48 Å². The second-order valence-corrected chi connectivity index (χ2v) is 11.1. The van der Waals surface area contributed by atoms with Gasteiger partial charge < -0.3 is 24.2 Å². The van der Waals surface area contributed by atoms with Gasteiger partial charge in [-0.25, -0.2) is 9.36 Å². The molecule has 2 heterocycles. The Morgan fingerprint density at radius 2 is 1.93 bits per heavy atom. The monoisotopic (exact) mass is 593 g/mol. The van der Waals surface area contributed by atoms with Gasteiger partial charge in [-0.1, -0.05) is 36.4 Å². The minimum atomic E-state index is -4.58. The molecule has 2 aromatic carbocycles. The van der Waals surface area contributed by atoms with E-state index in [0.29, 0.717) is 16.2 Å². The minimum absolute atomic E-state index is 0.124. The number of carbonyl (C=O) groups is 1. The van der Waals surface area contributed by atoms with E-state index in [0.717, 1.165) is 5.39 Å². The number of ether oxygens (including phenoxy) is 2. The Labute approximate surface area is 232 Å². The average molecular weight is 594 g/mol. The quantitative estimate of drug-likeness (QED) is 0.190. The Hall–Kier alpha value is -3.97. The highest BCUT2D eigenvalue weighted by Crippen LogP contribution is 2.49. The van der Waals surface area contributed by atoms with E-state index in [9.17, 15) is 33.6 Å². The summed E-state index contributed by atoms with van der Waals surface area (Å²) in [4.78, 5) is 37.9. The number of aromatic nitrogens is 2. The van der Waals surface area contributed by atoms with E-state index in [-0.39, 0.29) is 12.2 Å². The minimum Gasteiger partial charge on any atom is -0.508 e. The van der Waals surface area contributed by atoms with Gasteiger partial charge in [0.05, 0.1) is 25.3 Å². The fourth-order valence-electron chi connectivity index (χ4n) is 4.05. The highest BCUT2D eigenvalue weighted by Gasteiger charge is 2.41. The van der Waals surface area contributed by atoms with Gasteiger partial charge in [-0.15, -0.1) is 0 Å². The topological polar surface area (TPSA) is 178 Å². The number of rotatable bonds is 11. The largest absolute Gasteiger partial charge is 0.508 e. The molecule has 13 nitrogen and oxygen atoms in total. The number of esters is 1. The Morgan fingerprint density at radius 1 is 1.22 bits per heavy atom. The summed E-state index contributed by atoms with van der Waals surface area (Å²) in [6.07, 6.45) is -3.20. The van der Waals surface area contributed by atoms with Gasteiger partial charge in [0.15, 0.2) is 18.1 Å². The lowest BCUT2D eigenvalue weighted by Crippen LogP contribution is -2.38. The van der Waals surface area contributed by atoms with Crippen LogP contribution in [0.2, 0.25) is 0 Å². The molecule has 4 atom stereocenters. The van der Waals surface area contributed by atoms with Gasteiger partial charge in [-0.3, -0.25) is 23.7 Å². The highest BCUT2D eigenvalue weighted by molar-refractivity contribution is 7.52. The van der Waals surface area contributed by atoms with Crippen molar-refractivity contribution in [1.82, 2.24) is 14.6 Å². The Morgan fingerprint density at radius 3 is 2.63 bits per heavy atom. The predicted molar refractivity (Wildman–Crippen MR) is 144 cm³/mol. The number of aliphatic hydroxyl groups excluding tert-OH is 2. The Balaban J connectivity index is 1.65. The Bertz CT molecular complexity index is 1630. The average Bonchev–Trinajstić information content (AvgIpc) is 3.30. The summed E-state index contributed by atoms with van der Waals surface area (Å²) in [7, 11) is -4.58. The number of aromatic amines is 1. The maximum absolute atomic E-state index is 14.2. The van der Waals surface area contributed by atoms with Crippen LogP contribution in [0.5, 0.6) is 5.75 Å². The number of benzene rings is 2. The van der Waals surface area contributed by atoms with Crippen LogP contribution < -0.4 is 20.9 Å². The second kappa shape index (κ2) is 12.3. The molecule has 0 amide bonds. The number of nitrogens with one attached hydrogen (secondary N) is 2. The summed E-state index contributed by atoms with van der Waals surface area (Å²) in [5.74, 6) is -2.83. The molecule has 1 aliphatic heterocycles. The molecule has 3 aromatic rings. The van der Waals surface area contributed by atoms with Crippen molar-refractivity contribution in [2.75, 3.05) is 6.61 Å². The number of fused-ring (bicyclic) bond motifs is 1. The zero-order chi connectivity index (χ0) is 29.9. The number of H-pyrrole nitrogens is 1. The Kier molecular flexibility index (Phi) is 8.98. The first-order valence-corrected chi connectivity index (χ1v) is 14.1. The zero-order valence-corrected chi connectivity index (χ0v) is 23.2. The molecule has 0 bridgehead atoms. The summed E-state index contributed by atoms with van der Waals surface area (Å²) < 4.78 is 51.0. The van der Waals surface area contributed by atoms with Crippen LogP contribution in [-0.4, -0.2) is 50.6 Å². The molecule has 0 unspecified atom stereocenters. The molecule has 0 fully saturated rings. The van der Waals surface area contributed by atoms with Crippen LogP contribution in [0.25, 0.3) is 10.8 Å². The molecule has 1 aromatic heterocycles. The predicted octanol–water partition coefficient (Wildman–Crippen LogP) is 3.01. The maximum atomic E-state index is 14.2. The molecule has 15 heteroatoms. The molecule has 0 radical (unpaired) electrons. The van der Waals surface area contributed by atoms with Gasteiger partial charge in [0.25, 0.3) is 5.56 Å². The number of aliphatic hydroxyl groups is 2. The first kappa shape index (κ1) is 30.0. The molecule has 220 valence electrons. The van der Waals surface area contributed by atoms with Gasteiger partial charge in [-0.05, 0) is 32.2 Å². The third-order valence-corrected chi connectivity index (χ3v) is 7.57. The van der Waals surface area contributed by atoms with Crippen molar-refractivity contribution in [3.8, 4) is 5.75 Å². The molecular weight excluding hydrogens is 564 g/mol. The van der Waals surface area contributed by atoms with Crippen molar-refractivity contribution in [2.24, 2.45) is 0 Å². The van der Waals surface area contributed by atoms with E-state index < -0.39 is 73.4 Å². The molecular formula is C26H29FN3O10P. The summed E-state index contributed by atoms with van der Waals surface area (Å²) in [6.45, 7) is 3.75. The van der Waals surface area contributed by atoms with Crippen LogP contribution in [0.1, 0.15) is 33.4 Å². The van der Waals surface area contributed by atoms with Crippen molar-refractivity contribution >= 4 is 24.5 Å². The lowest BCUT2D eigenvalue weighted by atomic mass is 10.1. The van der Waals surface area contributed by atoms with Crippen LogP contribution in [0.3, 0.4) is 0 Å². The summed E-state index contributed by atoms with van der Waals surface area (Å²) in [5.41, 5.74) is -2.25. The number of carbonyl (C=O) groups excluding carboxylic acids is 1. The highest BCUT2D eigenvalue weighted by atomic mass is 31.2. The molecule has 0 saturated carbocycles. The van der Waals surface area contributed by atoms with E-state index in [1.807, 2.05) is 0 Å². The molecule has 41 heavy (non-hydrogen) atoms. The summed E-state index contributed by atoms with van der Waals surface area (Å²) in [6, 6.07) is 10.8. The maximum Gasteiger partial charge on any atom is 0.460 e. The van der Waals surface area contributed by atoms with Gasteiger partial charge in [0.2, 0.25) is 5.82 Å². The lowest BCUT2D eigenvalue weighted by molar-refractivity contribution is -0.149. The van der Waals surface area contributed by atoms with Gasteiger partial charge in [0, 0.05) is 5.39 Å². The fraction of sp³-hybridized carbons (Fsp3) is 0.346. The zero-order valence-electron chi connectivity index (χ0n) is 22.3. The first-order valence-electron chi connectivity index (χ1n) is 12.6. The first-order chi connectivity index (χ1) is 19.4. The smallest absolute Gasteiger partial charge is 0.460 e. The normalized spacial score (nSPS) is 18.1. The fourth-order valence-corrected chi connectivity index (χ4v) is 5.70. The van der Waals surface area contributed by atoms with E-state index in [4.69, 9.17) is 18.5 Å². The lowest BCUT2D eigenvalue weighted by Gasteiger charge is -2.27.